The molecule has 0 saturated carbocycles. The molecule has 0 amide bonds. The van der Waals surface area contributed by atoms with Gasteiger partial charge in [-0.2, -0.15) is 0 Å². The van der Waals surface area contributed by atoms with Gasteiger partial charge in [0, 0.05) is 41.7 Å². The summed E-state index contributed by atoms with van der Waals surface area (Å²) in [4.78, 5) is 25.3. The van der Waals surface area contributed by atoms with E-state index in [9.17, 15) is 9.59 Å². The molecular formula is C23H25ClN2O4S. The van der Waals surface area contributed by atoms with Crippen LogP contribution < -0.4 is 19.7 Å². The summed E-state index contributed by atoms with van der Waals surface area (Å²) < 4.78 is 10.8. The Morgan fingerprint density at radius 1 is 1.06 bits per heavy atom. The van der Waals surface area contributed by atoms with Crippen LogP contribution in [0.5, 0.6) is 11.5 Å². The van der Waals surface area contributed by atoms with E-state index in [1.54, 1.807) is 24.3 Å². The van der Waals surface area contributed by atoms with Crippen molar-refractivity contribution in [2.75, 3.05) is 4.90 Å². The van der Waals surface area contributed by atoms with Crippen molar-refractivity contribution >= 4 is 46.6 Å². The van der Waals surface area contributed by atoms with Crippen LogP contribution in [0.4, 0.5) is 5.69 Å². The van der Waals surface area contributed by atoms with Crippen LogP contribution in [-0.2, 0) is 15.1 Å². The molecule has 1 aliphatic heterocycles. The third-order valence-corrected chi connectivity index (χ3v) is 5.56. The first-order chi connectivity index (χ1) is 14.4. The number of hydrogen-bond donors (Lipinski definition) is 1. The van der Waals surface area contributed by atoms with Crippen molar-refractivity contribution in [3.63, 3.8) is 0 Å². The molecule has 164 valence electrons. The van der Waals surface area contributed by atoms with Crippen molar-refractivity contribution in [1.82, 2.24) is 5.32 Å². The first-order valence-corrected chi connectivity index (χ1v) is 10.6. The van der Waals surface area contributed by atoms with E-state index in [0.717, 1.165) is 11.3 Å². The van der Waals surface area contributed by atoms with Crippen LogP contribution in [0.2, 0.25) is 5.02 Å². The molecule has 1 atom stereocenters. The lowest BCUT2D eigenvalue weighted by atomic mass is 9.76. The number of nitrogens with zero attached hydrogens (tertiary/aromatic N) is 1. The molecule has 31 heavy (non-hydrogen) atoms. The second kappa shape index (κ2) is 8.48. The number of carbonyl (C=O) groups is 2. The van der Waals surface area contributed by atoms with Crippen molar-refractivity contribution < 1.29 is 19.1 Å². The zero-order valence-electron chi connectivity index (χ0n) is 18.1. The van der Waals surface area contributed by atoms with Crippen molar-refractivity contribution in [3.8, 4) is 11.5 Å². The average Bonchev–Trinajstić information content (AvgIpc) is 2.59. The average molecular weight is 461 g/mol. The number of anilines is 1. The van der Waals surface area contributed by atoms with E-state index in [2.05, 4.69) is 19.2 Å². The molecule has 2 aromatic carbocycles. The number of ether oxygens (including phenoxy) is 2. The van der Waals surface area contributed by atoms with Crippen LogP contribution in [0.1, 0.15) is 46.6 Å². The van der Waals surface area contributed by atoms with Gasteiger partial charge in [-0.05, 0) is 69.7 Å². The summed E-state index contributed by atoms with van der Waals surface area (Å²) in [6.45, 7) is 8.81. The molecule has 1 heterocycles. The van der Waals surface area contributed by atoms with Crippen molar-refractivity contribution in [2.24, 2.45) is 0 Å². The third-order valence-electron chi connectivity index (χ3n) is 5.04. The number of halogens is 1. The highest BCUT2D eigenvalue weighted by atomic mass is 35.5. The number of nitrogens with one attached hydrogen (secondary N) is 1. The second-order valence-electron chi connectivity index (χ2n) is 8.43. The molecule has 8 heteroatoms. The Labute approximate surface area is 192 Å². The van der Waals surface area contributed by atoms with Gasteiger partial charge in [-0.15, -0.1) is 0 Å². The van der Waals surface area contributed by atoms with Gasteiger partial charge in [0.25, 0.3) is 0 Å². The Balaban J connectivity index is 2.22. The van der Waals surface area contributed by atoms with E-state index >= 15 is 0 Å². The van der Waals surface area contributed by atoms with Gasteiger partial charge in [0.2, 0.25) is 0 Å². The normalized spacial score (nSPS) is 20.1. The Kier molecular flexibility index (Phi) is 6.30. The topological polar surface area (TPSA) is 67.9 Å². The molecule has 6 nitrogen and oxygen atoms in total. The molecule has 1 saturated heterocycles. The maximum absolute atomic E-state index is 11.9. The molecule has 0 aliphatic carbocycles. The van der Waals surface area contributed by atoms with Gasteiger partial charge in [-0.3, -0.25) is 9.59 Å². The summed E-state index contributed by atoms with van der Waals surface area (Å²) in [6, 6.07) is 12.5. The molecule has 1 fully saturated rings. The minimum absolute atomic E-state index is 0.293. The summed E-state index contributed by atoms with van der Waals surface area (Å²) in [7, 11) is 0. The van der Waals surface area contributed by atoms with Gasteiger partial charge < -0.3 is 19.7 Å². The van der Waals surface area contributed by atoms with Crippen LogP contribution in [0, 0.1) is 0 Å². The summed E-state index contributed by atoms with van der Waals surface area (Å²) >= 11 is 12.0. The highest BCUT2D eigenvalue weighted by molar-refractivity contribution is 7.80. The lowest BCUT2D eigenvalue weighted by Gasteiger charge is -2.53. The number of thiocarbonyl (C=S) groups is 1. The van der Waals surface area contributed by atoms with Crippen LogP contribution in [0.15, 0.2) is 42.5 Å². The highest BCUT2D eigenvalue weighted by Gasteiger charge is 2.47. The molecular weight excluding hydrogens is 436 g/mol. The van der Waals surface area contributed by atoms with Gasteiger partial charge in [-0.25, -0.2) is 0 Å². The Morgan fingerprint density at radius 2 is 1.74 bits per heavy atom. The van der Waals surface area contributed by atoms with Crippen LogP contribution in [0.3, 0.4) is 0 Å². The summed E-state index contributed by atoms with van der Waals surface area (Å²) in [5.41, 5.74) is 0.510. The summed E-state index contributed by atoms with van der Waals surface area (Å²) in [5, 5.41) is 4.49. The largest absolute Gasteiger partial charge is 0.427 e. The van der Waals surface area contributed by atoms with Gasteiger partial charge >= 0.3 is 11.9 Å². The van der Waals surface area contributed by atoms with Crippen molar-refractivity contribution in [2.45, 2.75) is 52.1 Å². The first-order valence-electron chi connectivity index (χ1n) is 9.81. The number of benzene rings is 2. The Bertz CT molecular complexity index is 1060. The van der Waals surface area contributed by atoms with E-state index in [-0.39, 0.29) is 5.54 Å². The van der Waals surface area contributed by atoms with Gasteiger partial charge in [0.1, 0.15) is 11.5 Å². The molecule has 0 unspecified atom stereocenters. The molecule has 1 N–H and O–H groups in total. The number of hydrogen-bond acceptors (Lipinski definition) is 5. The predicted octanol–water partition coefficient (Wildman–Crippen LogP) is 4.97. The highest BCUT2D eigenvalue weighted by Crippen LogP contribution is 2.46. The molecule has 1 aliphatic rings. The molecule has 0 aromatic heterocycles. The maximum atomic E-state index is 11.9. The third kappa shape index (κ3) is 4.99. The molecule has 3 rings (SSSR count). The van der Waals surface area contributed by atoms with E-state index in [0.29, 0.717) is 28.1 Å². The lowest BCUT2D eigenvalue weighted by molar-refractivity contribution is -0.132. The monoisotopic (exact) mass is 460 g/mol. The maximum Gasteiger partial charge on any atom is 0.308 e. The lowest BCUT2D eigenvalue weighted by Crippen LogP contribution is -2.65. The molecule has 0 spiro atoms. The summed E-state index contributed by atoms with van der Waals surface area (Å²) in [5.74, 6) is -0.338. The number of esters is 2. The van der Waals surface area contributed by atoms with Crippen LogP contribution in [-0.4, -0.2) is 22.6 Å². The zero-order valence-corrected chi connectivity index (χ0v) is 19.7. The van der Waals surface area contributed by atoms with Crippen LogP contribution >= 0.6 is 23.8 Å². The molecule has 0 radical (unpaired) electrons. The van der Waals surface area contributed by atoms with Crippen molar-refractivity contribution in [1.29, 1.82) is 0 Å². The Hall–Kier alpha value is -2.64. The van der Waals surface area contributed by atoms with E-state index in [4.69, 9.17) is 33.3 Å². The van der Waals surface area contributed by atoms with Gasteiger partial charge in [0.15, 0.2) is 5.11 Å². The number of carbonyl (C=O) groups excluding carboxylic acids is 2. The van der Waals surface area contributed by atoms with Gasteiger partial charge in [-0.1, -0.05) is 17.7 Å². The van der Waals surface area contributed by atoms with E-state index in [1.807, 2.05) is 30.0 Å². The van der Waals surface area contributed by atoms with E-state index in [1.165, 1.54) is 13.8 Å². The fourth-order valence-electron chi connectivity index (χ4n) is 4.20. The molecule has 2 aromatic rings. The van der Waals surface area contributed by atoms with Crippen molar-refractivity contribution in [3.05, 3.63) is 53.1 Å². The summed E-state index contributed by atoms with van der Waals surface area (Å²) in [6.07, 6.45) is 0.633. The SMILES string of the molecule is CC(=O)Oc1ccc([C@]2(C)CC(C)(C)NC(=S)N2c2cccc(Cl)c2)c(OC(C)=O)c1. The molecule has 0 bridgehead atoms. The fourth-order valence-corrected chi connectivity index (χ4v) is 4.97. The quantitative estimate of drug-likeness (QED) is 0.392. The fraction of sp³-hybridized carbons (Fsp3) is 0.348. The smallest absolute Gasteiger partial charge is 0.308 e. The zero-order chi connectivity index (χ0) is 23.0. The van der Waals surface area contributed by atoms with E-state index < -0.39 is 17.5 Å². The minimum atomic E-state index is -0.698. The van der Waals surface area contributed by atoms with Gasteiger partial charge in [0.05, 0.1) is 5.54 Å². The predicted molar refractivity (Wildman–Crippen MR) is 125 cm³/mol. The minimum Gasteiger partial charge on any atom is -0.427 e. The Morgan fingerprint density at radius 3 is 2.35 bits per heavy atom. The number of rotatable bonds is 4. The standard InChI is InChI=1S/C23H25ClN2O4S/c1-14(27)29-18-9-10-19(20(12-18)30-15(2)28)23(5)13-22(3,4)25-21(31)26(23)17-8-6-7-16(24)11-17/h6-12H,13H2,1-5H3,(H,25,31)/t23-/m0/s1. The first kappa shape index (κ1) is 23.0. The van der Waals surface area contributed by atoms with Crippen LogP contribution in [0.25, 0.3) is 0 Å². The second-order valence-corrected chi connectivity index (χ2v) is 9.25.